The maximum absolute atomic E-state index is 12.2. The lowest BCUT2D eigenvalue weighted by molar-refractivity contribution is 0.102. The molecular formula is C13H14N6O3. The summed E-state index contributed by atoms with van der Waals surface area (Å²) in [4.78, 5) is 49.1. The van der Waals surface area contributed by atoms with Crippen molar-refractivity contribution in [2.24, 2.45) is 0 Å². The molecule has 3 N–H and O–H groups in total. The van der Waals surface area contributed by atoms with Crippen molar-refractivity contribution in [1.29, 1.82) is 0 Å². The zero-order chi connectivity index (χ0) is 15.5. The molecule has 1 fully saturated rings. The number of nitrogens with zero attached hydrogens (tertiary/aromatic N) is 3. The first kappa shape index (κ1) is 14.0. The van der Waals surface area contributed by atoms with Crippen LogP contribution in [0.5, 0.6) is 0 Å². The van der Waals surface area contributed by atoms with Gasteiger partial charge in [0, 0.05) is 25.4 Å². The van der Waals surface area contributed by atoms with E-state index in [2.05, 4.69) is 25.2 Å². The van der Waals surface area contributed by atoms with Crippen LogP contribution in [-0.4, -0.2) is 38.9 Å². The summed E-state index contributed by atoms with van der Waals surface area (Å²) >= 11 is 0. The van der Waals surface area contributed by atoms with Gasteiger partial charge in [-0.3, -0.25) is 14.6 Å². The van der Waals surface area contributed by atoms with Gasteiger partial charge in [-0.25, -0.2) is 14.8 Å². The van der Waals surface area contributed by atoms with Crippen LogP contribution in [-0.2, 0) is 0 Å². The summed E-state index contributed by atoms with van der Waals surface area (Å²) in [6.07, 6.45) is 4.65. The van der Waals surface area contributed by atoms with Gasteiger partial charge in [-0.1, -0.05) is 0 Å². The molecule has 0 aromatic carbocycles. The van der Waals surface area contributed by atoms with Gasteiger partial charge in [0.1, 0.15) is 23.5 Å². The molecule has 3 rings (SSSR count). The fourth-order valence-corrected chi connectivity index (χ4v) is 2.28. The molecule has 1 saturated heterocycles. The third-order valence-electron chi connectivity index (χ3n) is 3.38. The smallest absolute Gasteiger partial charge is 0.325 e. The predicted molar refractivity (Wildman–Crippen MR) is 79.1 cm³/mol. The number of rotatable bonds is 3. The van der Waals surface area contributed by atoms with Crippen molar-refractivity contribution in [3.05, 3.63) is 45.1 Å². The number of H-pyrrole nitrogens is 2. The van der Waals surface area contributed by atoms with Crippen LogP contribution in [0.15, 0.2) is 28.2 Å². The third kappa shape index (κ3) is 2.87. The molecule has 0 spiro atoms. The highest BCUT2D eigenvalue weighted by atomic mass is 16.2. The molecule has 9 heteroatoms. The number of carbonyl (C=O) groups is 1. The van der Waals surface area contributed by atoms with Crippen molar-refractivity contribution in [3.63, 3.8) is 0 Å². The minimum absolute atomic E-state index is 0.0501. The maximum atomic E-state index is 12.2. The van der Waals surface area contributed by atoms with Gasteiger partial charge in [0.25, 0.3) is 11.5 Å². The molecule has 114 valence electrons. The van der Waals surface area contributed by atoms with Crippen LogP contribution in [0.4, 0.5) is 11.5 Å². The second kappa shape index (κ2) is 5.80. The van der Waals surface area contributed by atoms with Gasteiger partial charge in [-0.05, 0) is 12.8 Å². The first-order chi connectivity index (χ1) is 10.6. The molecule has 0 atom stereocenters. The molecule has 0 saturated carbocycles. The maximum Gasteiger partial charge on any atom is 0.325 e. The Balaban J connectivity index is 1.81. The van der Waals surface area contributed by atoms with E-state index in [9.17, 15) is 14.4 Å². The quantitative estimate of drug-likeness (QED) is 0.715. The number of aromatic amines is 2. The van der Waals surface area contributed by atoms with E-state index in [1.54, 1.807) is 6.07 Å². The molecule has 2 aromatic heterocycles. The first-order valence-electron chi connectivity index (χ1n) is 6.84. The summed E-state index contributed by atoms with van der Waals surface area (Å²) < 4.78 is 0. The number of hydrogen-bond donors (Lipinski definition) is 3. The van der Waals surface area contributed by atoms with E-state index < -0.39 is 17.2 Å². The SMILES string of the molecule is O=C(Nc1c[nH]c(=O)[nH]c1=O)c1cc(N2CCCC2)ncn1. The Hall–Kier alpha value is -2.97. The van der Waals surface area contributed by atoms with Crippen molar-refractivity contribution in [2.45, 2.75) is 12.8 Å². The first-order valence-corrected chi connectivity index (χ1v) is 6.84. The summed E-state index contributed by atoms with van der Waals surface area (Å²) in [6.45, 7) is 1.80. The summed E-state index contributed by atoms with van der Waals surface area (Å²) in [6, 6.07) is 1.58. The molecule has 0 aliphatic carbocycles. The molecule has 9 nitrogen and oxygen atoms in total. The minimum Gasteiger partial charge on any atom is -0.357 e. The topological polar surface area (TPSA) is 124 Å². The number of amides is 1. The Kier molecular flexibility index (Phi) is 3.69. The highest BCUT2D eigenvalue weighted by molar-refractivity contribution is 6.03. The van der Waals surface area contributed by atoms with Gasteiger partial charge in [-0.2, -0.15) is 0 Å². The van der Waals surface area contributed by atoms with E-state index in [0.717, 1.165) is 32.1 Å². The third-order valence-corrected chi connectivity index (χ3v) is 3.38. The fourth-order valence-electron chi connectivity index (χ4n) is 2.28. The molecular weight excluding hydrogens is 288 g/mol. The van der Waals surface area contributed by atoms with Crippen LogP contribution < -0.4 is 21.5 Å². The Morgan fingerprint density at radius 1 is 1.23 bits per heavy atom. The van der Waals surface area contributed by atoms with Crippen molar-refractivity contribution >= 4 is 17.4 Å². The Bertz CT molecular complexity index is 806. The van der Waals surface area contributed by atoms with Crippen LogP contribution >= 0.6 is 0 Å². The molecule has 2 aromatic rings. The monoisotopic (exact) mass is 302 g/mol. The van der Waals surface area contributed by atoms with E-state index >= 15 is 0 Å². The second-order valence-corrected chi connectivity index (χ2v) is 4.90. The van der Waals surface area contributed by atoms with E-state index in [0.29, 0.717) is 5.82 Å². The lowest BCUT2D eigenvalue weighted by Crippen LogP contribution is -2.27. The van der Waals surface area contributed by atoms with Gasteiger partial charge in [0.05, 0.1) is 0 Å². The normalized spacial score (nSPS) is 14.1. The molecule has 0 unspecified atom stereocenters. The van der Waals surface area contributed by atoms with Gasteiger partial charge >= 0.3 is 5.69 Å². The summed E-state index contributed by atoms with van der Waals surface area (Å²) in [5.41, 5.74) is -1.21. The van der Waals surface area contributed by atoms with Crippen molar-refractivity contribution in [2.75, 3.05) is 23.3 Å². The zero-order valence-corrected chi connectivity index (χ0v) is 11.6. The highest BCUT2D eigenvalue weighted by Gasteiger charge is 2.17. The molecule has 3 heterocycles. The number of hydrogen-bond acceptors (Lipinski definition) is 6. The fraction of sp³-hybridized carbons (Fsp3) is 0.308. The average molecular weight is 302 g/mol. The summed E-state index contributed by atoms with van der Waals surface area (Å²) in [5, 5.41) is 2.41. The van der Waals surface area contributed by atoms with Crippen molar-refractivity contribution < 1.29 is 4.79 Å². The largest absolute Gasteiger partial charge is 0.357 e. The standard InChI is InChI=1S/C13H14N6O3/c20-11(17-9-6-14-13(22)18-12(9)21)8-5-10(16-7-15-8)19-3-1-2-4-19/h5-7H,1-4H2,(H,17,20)(H2,14,18,21,22). The van der Waals surface area contributed by atoms with Gasteiger partial charge in [0.15, 0.2) is 0 Å². The Labute approximate surface area is 124 Å². The number of aromatic nitrogens is 4. The molecule has 1 amide bonds. The van der Waals surface area contributed by atoms with E-state index in [1.807, 2.05) is 4.98 Å². The summed E-state index contributed by atoms with van der Waals surface area (Å²) in [5.74, 6) is 0.147. The van der Waals surface area contributed by atoms with E-state index in [-0.39, 0.29) is 11.4 Å². The molecule has 0 radical (unpaired) electrons. The molecule has 0 bridgehead atoms. The van der Waals surface area contributed by atoms with Crippen LogP contribution in [0.25, 0.3) is 0 Å². The molecule has 1 aliphatic heterocycles. The van der Waals surface area contributed by atoms with Crippen LogP contribution in [0.1, 0.15) is 23.3 Å². The Morgan fingerprint density at radius 2 is 2.00 bits per heavy atom. The average Bonchev–Trinajstić information content (AvgIpc) is 3.04. The van der Waals surface area contributed by atoms with Gasteiger partial charge < -0.3 is 15.2 Å². The lowest BCUT2D eigenvalue weighted by Gasteiger charge is -2.16. The minimum atomic E-state index is -0.675. The zero-order valence-electron chi connectivity index (χ0n) is 11.6. The Morgan fingerprint density at radius 3 is 2.73 bits per heavy atom. The van der Waals surface area contributed by atoms with Crippen LogP contribution in [0.2, 0.25) is 0 Å². The summed E-state index contributed by atoms with van der Waals surface area (Å²) in [7, 11) is 0. The van der Waals surface area contributed by atoms with Crippen molar-refractivity contribution in [1.82, 2.24) is 19.9 Å². The predicted octanol–water partition coefficient (Wildman–Crippen LogP) is -0.294. The number of nitrogens with one attached hydrogen (secondary N) is 3. The highest BCUT2D eigenvalue weighted by Crippen LogP contribution is 2.17. The van der Waals surface area contributed by atoms with Gasteiger partial charge in [0.2, 0.25) is 0 Å². The van der Waals surface area contributed by atoms with Crippen molar-refractivity contribution in [3.8, 4) is 0 Å². The van der Waals surface area contributed by atoms with E-state index in [1.165, 1.54) is 6.33 Å². The van der Waals surface area contributed by atoms with Crippen LogP contribution in [0, 0.1) is 0 Å². The number of carbonyl (C=O) groups excluding carboxylic acids is 1. The lowest BCUT2D eigenvalue weighted by atomic mass is 10.3. The van der Waals surface area contributed by atoms with E-state index in [4.69, 9.17) is 0 Å². The molecule has 1 aliphatic rings. The van der Waals surface area contributed by atoms with Gasteiger partial charge in [-0.15, -0.1) is 0 Å². The van der Waals surface area contributed by atoms with Crippen LogP contribution in [0.3, 0.4) is 0 Å². The number of anilines is 2. The second-order valence-electron chi connectivity index (χ2n) is 4.90. The molecule has 22 heavy (non-hydrogen) atoms.